The molecule has 2 aromatic rings. The van der Waals surface area contributed by atoms with Gasteiger partial charge in [-0.3, -0.25) is 14.4 Å². The maximum Gasteiger partial charge on any atom is 0.311 e. The molecule has 5 rings (SSSR count). The Hall–Kier alpha value is -2.70. The molecule has 10 nitrogen and oxygen atoms in total. The number of para-hydroxylation sites is 1. The van der Waals surface area contributed by atoms with Crippen LogP contribution in [-0.2, 0) is 25.8 Å². The van der Waals surface area contributed by atoms with E-state index in [1.54, 1.807) is 20.6 Å². The summed E-state index contributed by atoms with van der Waals surface area (Å²) in [6.45, 7) is 11.6. The first-order valence-corrected chi connectivity index (χ1v) is 15.7. The van der Waals surface area contributed by atoms with Crippen LogP contribution in [0.1, 0.15) is 26.7 Å². The Bertz CT molecular complexity index is 1350. The van der Waals surface area contributed by atoms with Crippen molar-refractivity contribution in [3.05, 3.63) is 49.6 Å². The number of carbonyl (C=O) groups excluding carboxylic acids is 3. The zero-order chi connectivity index (χ0) is 29.5. The van der Waals surface area contributed by atoms with E-state index in [-0.39, 0.29) is 54.2 Å². The summed E-state index contributed by atoms with van der Waals surface area (Å²) in [5, 5.41) is 18.9. The van der Waals surface area contributed by atoms with Gasteiger partial charge in [0.15, 0.2) is 0 Å². The molecule has 3 saturated heterocycles. The first-order valence-electron chi connectivity index (χ1n) is 13.9. The monoisotopic (exact) mass is 645 g/mol. The molecule has 220 valence electrons. The molecule has 3 unspecified atom stereocenters. The fourth-order valence-corrected chi connectivity index (χ4v) is 10.3. The summed E-state index contributed by atoms with van der Waals surface area (Å²) in [6, 6.07) is 6.02. The largest absolute Gasteiger partial charge is 0.461 e. The van der Waals surface area contributed by atoms with E-state index in [4.69, 9.17) is 4.74 Å². The zero-order valence-electron chi connectivity index (χ0n) is 23.3. The van der Waals surface area contributed by atoms with Crippen molar-refractivity contribution in [2.24, 2.45) is 17.8 Å². The third-order valence-electron chi connectivity index (χ3n) is 8.81. The second kappa shape index (κ2) is 11.9. The number of likely N-dealkylation sites (tertiary alicyclic amines) is 1. The third kappa shape index (κ3) is 4.81. The van der Waals surface area contributed by atoms with Gasteiger partial charge in [-0.25, -0.2) is 4.68 Å². The lowest BCUT2D eigenvalue weighted by atomic mass is 9.71. The molecule has 1 aromatic carbocycles. The molecule has 12 heteroatoms. The van der Waals surface area contributed by atoms with Gasteiger partial charge in [0.25, 0.3) is 0 Å². The number of aromatic nitrogens is 3. The van der Waals surface area contributed by atoms with Gasteiger partial charge in [-0.1, -0.05) is 72.3 Å². The van der Waals surface area contributed by atoms with E-state index in [1.165, 1.54) is 17.8 Å². The van der Waals surface area contributed by atoms with Crippen LogP contribution in [-0.4, -0.2) is 94.4 Å². The summed E-state index contributed by atoms with van der Waals surface area (Å²) in [5.74, 6) is -2.53. The van der Waals surface area contributed by atoms with Gasteiger partial charge in [-0.2, -0.15) is 0 Å². The van der Waals surface area contributed by atoms with Crippen LogP contribution in [0, 0.1) is 17.8 Å². The van der Waals surface area contributed by atoms with Gasteiger partial charge < -0.3 is 19.6 Å². The SMILES string of the molecule is C=CCOC(=O)[C@H]1[C@H]2C(=O)N([C@@H](CO)[C@@H](C)CC)C(C(=O)N(CC=C)Cn3nnc4ccccc43)C23CC(Br)[C@@H]1S3. The summed E-state index contributed by atoms with van der Waals surface area (Å²) in [4.78, 5) is 45.7. The summed E-state index contributed by atoms with van der Waals surface area (Å²) < 4.78 is 6.27. The van der Waals surface area contributed by atoms with Gasteiger partial charge >= 0.3 is 5.97 Å². The van der Waals surface area contributed by atoms with Crippen LogP contribution in [0.4, 0.5) is 0 Å². The van der Waals surface area contributed by atoms with Crippen LogP contribution < -0.4 is 0 Å². The van der Waals surface area contributed by atoms with Crippen molar-refractivity contribution < 1.29 is 24.2 Å². The first-order chi connectivity index (χ1) is 19.7. The molecule has 3 fully saturated rings. The number of thioether (sulfide) groups is 1. The Morgan fingerprint density at radius 1 is 1.34 bits per heavy atom. The van der Waals surface area contributed by atoms with E-state index in [0.29, 0.717) is 18.4 Å². The minimum atomic E-state index is -0.895. The number of ether oxygens (including phenoxy) is 1. The Balaban J connectivity index is 1.59. The lowest BCUT2D eigenvalue weighted by Gasteiger charge is -2.41. The highest BCUT2D eigenvalue weighted by atomic mass is 79.9. The van der Waals surface area contributed by atoms with Crippen LogP contribution in [0.3, 0.4) is 0 Å². The Kier molecular flexibility index (Phi) is 8.63. The number of benzene rings is 1. The Labute approximate surface area is 252 Å². The fraction of sp³-hybridized carbons (Fsp3) is 0.552. The molecule has 2 amide bonds. The Morgan fingerprint density at radius 3 is 2.78 bits per heavy atom. The van der Waals surface area contributed by atoms with E-state index in [0.717, 1.165) is 5.52 Å². The number of aliphatic hydroxyl groups is 1. The number of rotatable bonds is 12. The maximum absolute atomic E-state index is 14.7. The van der Waals surface area contributed by atoms with Crippen LogP contribution in [0.2, 0.25) is 0 Å². The van der Waals surface area contributed by atoms with Crippen molar-refractivity contribution in [2.45, 2.75) is 60.3 Å². The van der Waals surface area contributed by atoms with Crippen molar-refractivity contribution in [2.75, 3.05) is 19.8 Å². The average Bonchev–Trinajstić information content (AvgIpc) is 3.69. The van der Waals surface area contributed by atoms with E-state index < -0.39 is 34.6 Å². The van der Waals surface area contributed by atoms with Crippen LogP contribution in [0.15, 0.2) is 49.6 Å². The molecule has 0 radical (unpaired) electrons. The van der Waals surface area contributed by atoms with Gasteiger partial charge in [-0.15, -0.1) is 23.4 Å². The highest BCUT2D eigenvalue weighted by molar-refractivity contribution is 9.09. The normalized spacial score (nSPS) is 29.8. The number of aliphatic hydroxyl groups excluding tert-OH is 1. The summed E-state index contributed by atoms with van der Waals surface area (Å²) in [7, 11) is 0. The van der Waals surface area contributed by atoms with Crippen LogP contribution in [0.5, 0.6) is 0 Å². The van der Waals surface area contributed by atoms with E-state index in [1.807, 2.05) is 38.1 Å². The number of alkyl halides is 1. The number of esters is 1. The van der Waals surface area contributed by atoms with Gasteiger partial charge in [0.05, 0.1) is 34.7 Å². The number of fused-ring (bicyclic) bond motifs is 2. The van der Waals surface area contributed by atoms with Crippen LogP contribution >= 0.6 is 27.7 Å². The molecule has 8 atom stereocenters. The van der Waals surface area contributed by atoms with Gasteiger partial charge in [-0.05, 0) is 24.5 Å². The maximum atomic E-state index is 14.7. The van der Waals surface area contributed by atoms with Crippen molar-refractivity contribution in [3.8, 4) is 0 Å². The molecular weight excluding hydrogens is 610 g/mol. The molecule has 2 bridgehead atoms. The summed E-state index contributed by atoms with van der Waals surface area (Å²) >= 11 is 5.31. The number of halogens is 1. The number of nitrogens with zero attached hydrogens (tertiary/aromatic N) is 5. The molecule has 1 aromatic heterocycles. The molecule has 1 N–H and O–H groups in total. The van der Waals surface area contributed by atoms with Gasteiger partial charge in [0, 0.05) is 16.6 Å². The number of amides is 2. The fourth-order valence-electron chi connectivity index (χ4n) is 6.75. The quantitative estimate of drug-likeness (QED) is 0.213. The van der Waals surface area contributed by atoms with Crippen molar-refractivity contribution >= 4 is 56.5 Å². The van der Waals surface area contributed by atoms with Crippen molar-refractivity contribution in [3.63, 3.8) is 0 Å². The third-order valence-corrected chi connectivity index (χ3v) is 12.0. The number of hydrogen-bond acceptors (Lipinski definition) is 8. The predicted molar refractivity (Wildman–Crippen MR) is 160 cm³/mol. The second-order valence-corrected chi connectivity index (χ2v) is 13.7. The Morgan fingerprint density at radius 2 is 2.10 bits per heavy atom. The van der Waals surface area contributed by atoms with Crippen LogP contribution in [0.25, 0.3) is 11.0 Å². The standard InChI is InChI=1S/C29H36BrN5O5S/c1-5-12-33(16-34-20-11-9-8-10-19(20)31-32-34)27(38)25-29-14-18(30)24(41-29)22(28(39)40-13-6-2)23(29)26(37)35(25)21(15-36)17(4)7-3/h5-6,8-11,17-18,21-25,36H,1-2,7,12-16H2,3-4H3/t17-,18?,21-,22-,23-,24-,25?,29?/m0/s1. The lowest BCUT2D eigenvalue weighted by Crippen LogP contribution is -2.59. The highest BCUT2D eigenvalue weighted by Gasteiger charge is 2.76. The second-order valence-electron chi connectivity index (χ2n) is 11.0. The smallest absolute Gasteiger partial charge is 0.311 e. The molecule has 3 aliphatic rings. The highest BCUT2D eigenvalue weighted by Crippen LogP contribution is 2.68. The molecule has 3 aliphatic heterocycles. The average molecular weight is 647 g/mol. The topological polar surface area (TPSA) is 118 Å². The lowest BCUT2D eigenvalue weighted by molar-refractivity contribution is -0.154. The molecule has 0 saturated carbocycles. The minimum absolute atomic E-state index is 0.0464. The van der Waals surface area contributed by atoms with Crippen molar-refractivity contribution in [1.82, 2.24) is 24.8 Å². The van der Waals surface area contributed by atoms with Crippen molar-refractivity contribution in [1.29, 1.82) is 0 Å². The summed E-state index contributed by atoms with van der Waals surface area (Å²) in [6.07, 6.45) is 4.38. The van der Waals surface area contributed by atoms with E-state index >= 15 is 0 Å². The van der Waals surface area contributed by atoms with Gasteiger partial charge in [0.1, 0.15) is 24.8 Å². The molecule has 1 spiro atoms. The zero-order valence-corrected chi connectivity index (χ0v) is 25.7. The molecule has 0 aliphatic carbocycles. The molecule has 41 heavy (non-hydrogen) atoms. The minimum Gasteiger partial charge on any atom is -0.461 e. The molecule has 4 heterocycles. The predicted octanol–water partition coefficient (Wildman–Crippen LogP) is 3.00. The molecular formula is C29H36BrN5O5S. The van der Waals surface area contributed by atoms with Gasteiger partial charge in [0.2, 0.25) is 11.8 Å². The summed E-state index contributed by atoms with van der Waals surface area (Å²) in [5.41, 5.74) is 1.49. The van der Waals surface area contributed by atoms with E-state index in [9.17, 15) is 19.5 Å². The number of hydrogen-bond donors (Lipinski definition) is 1. The number of carbonyl (C=O) groups is 3. The van der Waals surface area contributed by atoms with E-state index in [2.05, 4.69) is 39.4 Å². The first kappa shape index (κ1) is 29.8.